The standard InChI is InChI=1S/C21H20F2N2O5S2/c1-11-8-14(12(2)31-11)18(26)24-6-7-25-19(27)17(32-21(25)28)10-13-4-5-15(30-20(22)23)16(9-13)29-3/h4-5,8-10,20H,6-7H2,1-3H3,(H,24,26)/b17-10-. The van der Waals surface area contributed by atoms with Crippen LogP contribution in [-0.4, -0.2) is 48.8 Å². The largest absolute Gasteiger partial charge is 0.493 e. The number of nitrogens with one attached hydrogen (secondary N) is 1. The van der Waals surface area contributed by atoms with E-state index in [-0.39, 0.29) is 35.4 Å². The lowest BCUT2D eigenvalue weighted by molar-refractivity contribution is -0.122. The summed E-state index contributed by atoms with van der Waals surface area (Å²) in [7, 11) is 1.30. The summed E-state index contributed by atoms with van der Waals surface area (Å²) < 4.78 is 34.3. The molecule has 0 bridgehead atoms. The van der Waals surface area contributed by atoms with Gasteiger partial charge in [0.25, 0.3) is 17.1 Å². The SMILES string of the molecule is COc1cc(/C=C2\SC(=O)N(CCNC(=O)c3cc(C)sc3C)C2=O)ccc1OC(F)F. The Labute approximate surface area is 191 Å². The summed E-state index contributed by atoms with van der Waals surface area (Å²) in [4.78, 5) is 40.4. The number of alkyl halides is 2. The fraction of sp³-hybridized carbons (Fsp3) is 0.286. The Morgan fingerprint density at radius 2 is 1.97 bits per heavy atom. The minimum atomic E-state index is -3.00. The van der Waals surface area contributed by atoms with E-state index in [0.717, 1.165) is 26.4 Å². The van der Waals surface area contributed by atoms with Crippen LogP contribution in [0.25, 0.3) is 6.08 Å². The Kier molecular flexibility index (Phi) is 7.52. The van der Waals surface area contributed by atoms with Gasteiger partial charge in [-0.1, -0.05) is 6.07 Å². The maximum atomic E-state index is 12.6. The van der Waals surface area contributed by atoms with Crippen molar-refractivity contribution in [3.63, 3.8) is 0 Å². The number of hydrogen-bond donors (Lipinski definition) is 1. The molecule has 0 atom stereocenters. The second kappa shape index (κ2) is 10.1. The van der Waals surface area contributed by atoms with E-state index in [0.29, 0.717) is 11.1 Å². The predicted molar refractivity (Wildman–Crippen MR) is 118 cm³/mol. The van der Waals surface area contributed by atoms with Gasteiger partial charge >= 0.3 is 6.61 Å². The molecule has 1 aromatic carbocycles. The van der Waals surface area contributed by atoms with Crippen molar-refractivity contribution in [3.8, 4) is 11.5 Å². The third-order valence-corrected chi connectivity index (χ3v) is 6.35. The van der Waals surface area contributed by atoms with Gasteiger partial charge in [0, 0.05) is 22.8 Å². The summed E-state index contributed by atoms with van der Waals surface area (Å²) in [5, 5.41) is 2.27. The molecule has 2 heterocycles. The van der Waals surface area contributed by atoms with Gasteiger partial charge in [0.2, 0.25) is 0 Å². The van der Waals surface area contributed by atoms with Crippen molar-refractivity contribution >= 4 is 46.2 Å². The van der Waals surface area contributed by atoms with E-state index in [1.165, 1.54) is 42.7 Å². The highest BCUT2D eigenvalue weighted by molar-refractivity contribution is 8.18. The van der Waals surface area contributed by atoms with Crippen molar-refractivity contribution in [2.24, 2.45) is 0 Å². The topological polar surface area (TPSA) is 84.9 Å². The van der Waals surface area contributed by atoms with Crippen LogP contribution in [0.1, 0.15) is 25.7 Å². The van der Waals surface area contributed by atoms with Crippen LogP contribution in [0.5, 0.6) is 11.5 Å². The lowest BCUT2D eigenvalue weighted by atomic mass is 10.2. The first-order chi connectivity index (χ1) is 15.2. The monoisotopic (exact) mass is 482 g/mol. The predicted octanol–water partition coefficient (Wildman–Crippen LogP) is 4.44. The molecule has 0 spiro atoms. The van der Waals surface area contributed by atoms with Gasteiger partial charge in [0.15, 0.2) is 11.5 Å². The van der Waals surface area contributed by atoms with Crippen LogP contribution in [0.3, 0.4) is 0 Å². The molecule has 11 heteroatoms. The third-order valence-electron chi connectivity index (χ3n) is 4.48. The van der Waals surface area contributed by atoms with Gasteiger partial charge in [-0.05, 0) is 55.4 Å². The van der Waals surface area contributed by atoms with Crippen molar-refractivity contribution < 1.29 is 32.6 Å². The fourth-order valence-corrected chi connectivity index (χ4v) is 4.83. The zero-order chi connectivity index (χ0) is 23.4. The quantitative estimate of drug-likeness (QED) is 0.560. The van der Waals surface area contributed by atoms with Crippen molar-refractivity contribution in [2.45, 2.75) is 20.5 Å². The molecular formula is C21H20F2N2O5S2. The molecular weight excluding hydrogens is 462 g/mol. The van der Waals surface area contributed by atoms with Crippen LogP contribution in [-0.2, 0) is 4.79 Å². The highest BCUT2D eigenvalue weighted by Gasteiger charge is 2.34. The maximum absolute atomic E-state index is 12.6. The first-order valence-electron chi connectivity index (χ1n) is 9.43. The summed E-state index contributed by atoms with van der Waals surface area (Å²) in [5.41, 5.74) is 1.06. The lowest BCUT2D eigenvalue weighted by Gasteiger charge is -2.13. The molecule has 3 rings (SSSR count). The van der Waals surface area contributed by atoms with Gasteiger partial charge in [-0.2, -0.15) is 8.78 Å². The second-order valence-corrected chi connectivity index (χ2v) is 9.16. The minimum absolute atomic E-state index is 0.0282. The van der Waals surface area contributed by atoms with Crippen LogP contribution in [0.4, 0.5) is 13.6 Å². The number of halogens is 2. The number of carbonyl (C=O) groups excluding carboxylic acids is 3. The van der Waals surface area contributed by atoms with Crippen LogP contribution < -0.4 is 14.8 Å². The first-order valence-corrected chi connectivity index (χ1v) is 11.1. The van der Waals surface area contributed by atoms with Gasteiger partial charge in [-0.3, -0.25) is 19.3 Å². The maximum Gasteiger partial charge on any atom is 0.387 e. The molecule has 1 aliphatic heterocycles. The molecule has 1 aliphatic rings. The Morgan fingerprint density at radius 3 is 2.59 bits per heavy atom. The van der Waals surface area contributed by atoms with Crippen molar-refractivity contribution in [1.29, 1.82) is 0 Å². The first kappa shape index (κ1) is 23.7. The summed E-state index contributed by atoms with van der Waals surface area (Å²) >= 11 is 2.28. The molecule has 32 heavy (non-hydrogen) atoms. The second-order valence-electron chi connectivity index (χ2n) is 6.70. The molecule has 3 amide bonds. The van der Waals surface area contributed by atoms with Gasteiger partial charge in [-0.15, -0.1) is 11.3 Å². The smallest absolute Gasteiger partial charge is 0.387 e. The molecule has 7 nitrogen and oxygen atoms in total. The summed E-state index contributed by atoms with van der Waals surface area (Å²) in [6, 6.07) is 5.99. The summed E-state index contributed by atoms with van der Waals surface area (Å²) in [6.45, 7) is 0.914. The molecule has 1 N–H and O–H groups in total. The Morgan fingerprint density at radius 1 is 1.22 bits per heavy atom. The van der Waals surface area contributed by atoms with E-state index >= 15 is 0 Å². The molecule has 1 saturated heterocycles. The van der Waals surface area contributed by atoms with E-state index in [2.05, 4.69) is 10.1 Å². The summed E-state index contributed by atoms with van der Waals surface area (Å²) in [6.07, 6.45) is 1.47. The van der Waals surface area contributed by atoms with E-state index in [4.69, 9.17) is 4.74 Å². The van der Waals surface area contributed by atoms with Gasteiger partial charge in [-0.25, -0.2) is 0 Å². The highest BCUT2D eigenvalue weighted by atomic mass is 32.2. The third kappa shape index (κ3) is 5.46. The number of ether oxygens (including phenoxy) is 2. The van der Waals surface area contributed by atoms with Crippen LogP contribution in [0.2, 0.25) is 0 Å². The molecule has 0 radical (unpaired) electrons. The average Bonchev–Trinajstić information content (AvgIpc) is 3.20. The number of thiophene rings is 1. The zero-order valence-electron chi connectivity index (χ0n) is 17.4. The van der Waals surface area contributed by atoms with Crippen molar-refractivity contribution in [2.75, 3.05) is 20.2 Å². The zero-order valence-corrected chi connectivity index (χ0v) is 19.1. The Hall–Kier alpha value is -2.92. The molecule has 0 aliphatic carbocycles. The van der Waals surface area contributed by atoms with Crippen LogP contribution in [0.15, 0.2) is 29.2 Å². The van der Waals surface area contributed by atoms with Crippen LogP contribution in [0, 0.1) is 13.8 Å². The van der Waals surface area contributed by atoms with Crippen molar-refractivity contribution in [3.05, 3.63) is 50.1 Å². The Balaban J connectivity index is 1.64. The number of amides is 3. The fourth-order valence-electron chi connectivity index (χ4n) is 3.04. The molecule has 0 unspecified atom stereocenters. The Bertz CT molecular complexity index is 1080. The minimum Gasteiger partial charge on any atom is -0.493 e. The van der Waals surface area contributed by atoms with E-state index < -0.39 is 17.8 Å². The number of nitrogens with zero attached hydrogens (tertiary/aromatic N) is 1. The normalized spacial score (nSPS) is 15.1. The molecule has 170 valence electrons. The number of benzene rings is 1. The number of methoxy groups -OCH3 is 1. The highest BCUT2D eigenvalue weighted by Crippen LogP contribution is 2.34. The van der Waals surface area contributed by atoms with E-state index in [1.807, 2.05) is 13.8 Å². The lowest BCUT2D eigenvalue weighted by Crippen LogP contribution is -2.37. The molecule has 1 fully saturated rings. The number of carbonyl (C=O) groups is 3. The average molecular weight is 483 g/mol. The number of hydrogen-bond acceptors (Lipinski definition) is 7. The van der Waals surface area contributed by atoms with E-state index in [1.54, 1.807) is 6.07 Å². The summed E-state index contributed by atoms with van der Waals surface area (Å²) in [5.74, 6) is -0.823. The van der Waals surface area contributed by atoms with Gasteiger partial charge < -0.3 is 14.8 Å². The van der Waals surface area contributed by atoms with Gasteiger partial charge in [0.05, 0.1) is 17.6 Å². The molecule has 1 aromatic heterocycles. The van der Waals surface area contributed by atoms with E-state index in [9.17, 15) is 23.2 Å². The number of imide groups is 1. The molecule has 2 aromatic rings. The van der Waals surface area contributed by atoms with Gasteiger partial charge in [0.1, 0.15) is 0 Å². The van der Waals surface area contributed by atoms with Crippen LogP contribution >= 0.6 is 23.1 Å². The number of aryl methyl sites for hydroxylation is 2. The van der Waals surface area contributed by atoms with Crippen molar-refractivity contribution in [1.82, 2.24) is 10.2 Å². The number of rotatable bonds is 8. The molecule has 0 saturated carbocycles. The number of thioether (sulfide) groups is 1.